The van der Waals surface area contributed by atoms with E-state index >= 15 is 0 Å². The quantitative estimate of drug-likeness (QED) is 0.375. The summed E-state index contributed by atoms with van der Waals surface area (Å²) >= 11 is 6.53. The number of fused-ring (bicyclic) bond motifs is 1. The highest BCUT2D eigenvalue weighted by molar-refractivity contribution is 6.31. The number of aromatic amines is 1. The van der Waals surface area contributed by atoms with Crippen LogP contribution in [-0.4, -0.2) is 16.6 Å². The number of benzene rings is 3. The maximum absolute atomic E-state index is 6.53. The second-order valence-corrected chi connectivity index (χ2v) is 7.31. The van der Waals surface area contributed by atoms with Crippen LogP contribution in [0.2, 0.25) is 5.02 Å². The molecule has 0 aliphatic carbocycles. The van der Waals surface area contributed by atoms with E-state index in [4.69, 9.17) is 21.1 Å². The fourth-order valence-electron chi connectivity index (χ4n) is 3.23. The zero-order valence-electron chi connectivity index (χ0n) is 16.8. The highest BCUT2D eigenvalue weighted by atomic mass is 35.5. The van der Waals surface area contributed by atoms with Crippen LogP contribution < -0.4 is 14.8 Å². The van der Waals surface area contributed by atoms with Gasteiger partial charge in [-0.3, -0.25) is 0 Å². The lowest BCUT2D eigenvalue weighted by molar-refractivity contribution is 0.269. The summed E-state index contributed by atoms with van der Waals surface area (Å²) in [4.78, 5) is 7.90. The van der Waals surface area contributed by atoms with Crippen molar-refractivity contribution in [1.29, 1.82) is 0 Å². The van der Waals surface area contributed by atoms with E-state index in [1.54, 1.807) is 0 Å². The Labute approximate surface area is 181 Å². The van der Waals surface area contributed by atoms with Crippen LogP contribution in [0.5, 0.6) is 11.5 Å². The van der Waals surface area contributed by atoms with Gasteiger partial charge in [-0.1, -0.05) is 54.1 Å². The Kier molecular flexibility index (Phi) is 6.52. The zero-order chi connectivity index (χ0) is 20.8. The fourth-order valence-corrected chi connectivity index (χ4v) is 3.45. The van der Waals surface area contributed by atoms with Crippen LogP contribution >= 0.6 is 11.6 Å². The molecule has 0 bridgehead atoms. The molecule has 0 aliphatic heterocycles. The summed E-state index contributed by atoms with van der Waals surface area (Å²) in [5.74, 6) is 2.23. The summed E-state index contributed by atoms with van der Waals surface area (Å²) in [6.45, 7) is 4.17. The molecule has 154 valence electrons. The van der Waals surface area contributed by atoms with E-state index in [0.717, 1.165) is 28.0 Å². The standard InChI is InChI=1S/C24H24ClN3O2/c1-2-29-22-12-18(14-26-15-24-27-20-10-6-7-11-21(20)28-24)19(25)13-23(22)30-16-17-8-4-3-5-9-17/h3-13,26H,2,14-16H2,1H3,(H,27,28). The molecule has 1 aromatic heterocycles. The minimum absolute atomic E-state index is 0.459. The molecule has 6 heteroatoms. The van der Waals surface area contributed by atoms with Crippen LogP contribution in [0.4, 0.5) is 0 Å². The molecular weight excluding hydrogens is 398 g/mol. The average Bonchev–Trinajstić information content (AvgIpc) is 3.18. The lowest BCUT2D eigenvalue weighted by atomic mass is 10.2. The number of hydrogen-bond acceptors (Lipinski definition) is 4. The van der Waals surface area contributed by atoms with Gasteiger partial charge in [-0.05, 0) is 36.2 Å². The van der Waals surface area contributed by atoms with E-state index in [0.29, 0.717) is 42.8 Å². The van der Waals surface area contributed by atoms with Crippen molar-refractivity contribution in [2.45, 2.75) is 26.6 Å². The third kappa shape index (κ3) is 4.93. The second kappa shape index (κ2) is 9.65. The number of ether oxygens (including phenoxy) is 2. The second-order valence-electron chi connectivity index (χ2n) is 6.90. The monoisotopic (exact) mass is 421 g/mol. The first-order chi connectivity index (χ1) is 14.7. The Hall–Kier alpha value is -3.02. The maximum Gasteiger partial charge on any atom is 0.163 e. The Morgan fingerprint density at radius 1 is 0.933 bits per heavy atom. The van der Waals surface area contributed by atoms with E-state index in [1.165, 1.54) is 0 Å². The van der Waals surface area contributed by atoms with Gasteiger partial charge in [0.05, 0.1) is 24.2 Å². The number of rotatable bonds is 9. The molecule has 2 N–H and O–H groups in total. The van der Waals surface area contributed by atoms with Crippen molar-refractivity contribution in [2.75, 3.05) is 6.61 Å². The highest BCUT2D eigenvalue weighted by Gasteiger charge is 2.12. The molecule has 1 heterocycles. The molecule has 0 atom stereocenters. The van der Waals surface area contributed by atoms with Crippen LogP contribution in [0, 0.1) is 0 Å². The number of halogens is 1. The lowest BCUT2D eigenvalue weighted by Gasteiger charge is -2.15. The molecule has 4 rings (SSSR count). The summed E-state index contributed by atoms with van der Waals surface area (Å²) in [6.07, 6.45) is 0. The molecule has 30 heavy (non-hydrogen) atoms. The van der Waals surface area contributed by atoms with Gasteiger partial charge in [0.25, 0.3) is 0 Å². The van der Waals surface area contributed by atoms with Gasteiger partial charge in [-0.25, -0.2) is 4.98 Å². The van der Waals surface area contributed by atoms with Gasteiger partial charge in [-0.2, -0.15) is 0 Å². The van der Waals surface area contributed by atoms with Crippen molar-refractivity contribution in [1.82, 2.24) is 15.3 Å². The van der Waals surface area contributed by atoms with Crippen LogP contribution in [0.25, 0.3) is 11.0 Å². The van der Waals surface area contributed by atoms with E-state index in [1.807, 2.05) is 73.7 Å². The number of nitrogens with one attached hydrogen (secondary N) is 2. The van der Waals surface area contributed by atoms with Gasteiger partial charge in [0.15, 0.2) is 11.5 Å². The number of hydrogen-bond donors (Lipinski definition) is 2. The summed E-state index contributed by atoms with van der Waals surface area (Å²) in [5, 5.41) is 4.03. The number of nitrogens with zero attached hydrogens (tertiary/aromatic N) is 1. The predicted molar refractivity (Wildman–Crippen MR) is 120 cm³/mol. The molecule has 0 fully saturated rings. The van der Waals surface area contributed by atoms with Crippen molar-refractivity contribution >= 4 is 22.6 Å². The Balaban J connectivity index is 1.42. The molecule has 0 unspecified atom stereocenters. The average molecular weight is 422 g/mol. The van der Waals surface area contributed by atoms with Crippen molar-refractivity contribution in [2.24, 2.45) is 0 Å². The molecule has 0 radical (unpaired) electrons. The van der Waals surface area contributed by atoms with Gasteiger partial charge in [-0.15, -0.1) is 0 Å². The first-order valence-corrected chi connectivity index (χ1v) is 10.4. The normalized spacial score (nSPS) is 11.0. The van der Waals surface area contributed by atoms with Gasteiger partial charge < -0.3 is 19.8 Å². The van der Waals surface area contributed by atoms with Crippen LogP contribution in [-0.2, 0) is 19.7 Å². The topological polar surface area (TPSA) is 59.2 Å². The molecule has 5 nitrogen and oxygen atoms in total. The third-order valence-corrected chi connectivity index (χ3v) is 5.05. The number of H-pyrrole nitrogens is 1. The Morgan fingerprint density at radius 2 is 1.70 bits per heavy atom. The molecule has 0 saturated carbocycles. The van der Waals surface area contributed by atoms with Crippen molar-refractivity contribution in [3.05, 3.63) is 88.7 Å². The largest absolute Gasteiger partial charge is 0.490 e. The first-order valence-electron chi connectivity index (χ1n) is 9.99. The third-order valence-electron chi connectivity index (χ3n) is 4.70. The smallest absolute Gasteiger partial charge is 0.163 e. The number of para-hydroxylation sites is 2. The minimum atomic E-state index is 0.459. The summed E-state index contributed by atoms with van der Waals surface area (Å²) in [5.41, 5.74) is 4.03. The highest BCUT2D eigenvalue weighted by Crippen LogP contribution is 2.34. The van der Waals surface area contributed by atoms with Crippen molar-refractivity contribution in [3.63, 3.8) is 0 Å². The molecular formula is C24H24ClN3O2. The van der Waals surface area contributed by atoms with Crippen LogP contribution in [0.3, 0.4) is 0 Å². The molecule has 0 saturated heterocycles. The Bertz CT molecular complexity index is 1080. The van der Waals surface area contributed by atoms with E-state index in [2.05, 4.69) is 15.3 Å². The van der Waals surface area contributed by atoms with Gasteiger partial charge in [0.1, 0.15) is 12.4 Å². The zero-order valence-corrected chi connectivity index (χ0v) is 17.6. The van der Waals surface area contributed by atoms with Gasteiger partial charge in [0.2, 0.25) is 0 Å². The summed E-state index contributed by atoms with van der Waals surface area (Å²) < 4.78 is 11.8. The van der Waals surface area contributed by atoms with Crippen LogP contribution in [0.1, 0.15) is 23.9 Å². The van der Waals surface area contributed by atoms with Crippen LogP contribution in [0.15, 0.2) is 66.7 Å². The number of aromatic nitrogens is 2. The predicted octanol–water partition coefficient (Wildman–Crippen LogP) is 5.48. The summed E-state index contributed by atoms with van der Waals surface area (Å²) in [6, 6.07) is 21.8. The maximum atomic E-state index is 6.53. The van der Waals surface area contributed by atoms with E-state index in [-0.39, 0.29) is 0 Å². The summed E-state index contributed by atoms with van der Waals surface area (Å²) in [7, 11) is 0. The molecule has 0 aliphatic rings. The van der Waals surface area contributed by atoms with E-state index in [9.17, 15) is 0 Å². The van der Waals surface area contributed by atoms with Gasteiger partial charge in [0, 0.05) is 17.6 Å². The SMILES string of the molecule is CCOc1cc(CNCc2nc3ccccc3[nH]2)c(Cl)cc1OCc1ccccc1. The Morgan fingerprint density at radius 3 is 2.50 bits per heavy atom. The number of imidazole rings is 1. The van der Waals surface area contributed by atoms with Gasteiger partial charge >= 0.3 is 0 Å². The molecule has 3 aromatic carbocycles. The van der Waals surface area contributed by atoms with Crippen molar-refractivity contribution in [3.8, 4) is 11.5 Å². The molecule has 0 amide bonds. The molecule has 4 aromatic rings. The van der Waals surface area contributed by atoms with E-state index < -0.39 is 0 Å². The minimum Gasteiger partial charge on any atom is -0.490 e. The molecule has 0 spiro atoms. The fraction of sp³-hybridized carbons (Fsp3) is 0.208. The lowest BCUT2D eigenvalue weighted by Crippen LogP contribution is -2.14. The first kappa shape index (κ1) is 20.3. The van der Waals surface area contributed by atoms with Crippen molar-refractivity contribution < 1.29 is 9.47 Å².